The standard InChI is InChI=1S/C16H18F3NO4/c1-23-14(21)12-7-8-13(16(17,18)19)20(9-12)15(22)24-10-11-5-3-2-4-6-11/h2-6,12-13H,7-10H2,1H3. The molecule has 2 unspecified atom stereocenters. The fourth-order valence-electron chi connectivity index (χ4n) is 2.67. The zero-order valence-corrected chi connectivity index (χ0v) is 13.1. The van der Waals surface area contributed by atoms with Crippen LogP contribution in [0.1, 0.15) is 18.4 Å². The molecule has 1 aliphatic rings. The van der Waals surface area contributed by atoms with E-state index >= 15 is 0 Å². The van der Waals surface area contributed by atoms with E-state index in [1.165, 1.54) is 0 Å². The summed E-state index contributed by atoms with van der Waals surface area (Å²) in [6.07, 6.45) is -6.01. The fraction of sp³-hybridized carbons (Fsp3) is 0.500. The lowest BCUT2D eigenvalue weighted by atomic mass is 9.92. The van der Waals surface area contributed by atoms with Crippen LogP contribution in [0.25, 0.3) is 0 Å². The Morgan fingerprint density at radius 1 is 1.21 bits per heavy atom. The van der Waals surface area contributed by atoms with Crippen LogP contribution in [0.15, 0.2) is 30.3 Å². The minimum absolute atomic E-state index is 0.0132. The number of hydrogen-bond donors (Lipinski definition) is 0. The van der Waals surface area contributed by atoms with Crippen LogP contribution in [0.4, 0.5) is 18.0 Å². The highest BCUT2D eigenvalue weighted by Gasteiger charge is 2.49. The van der Waals surface area contributed by atoms with Gasteiger partial charge in [-0.3, -0.25) is 9.69 Å². The Balaban J connectivity index is 2.07. The van der Waals surface area contributed by atoms with E-state index in [4.69, 9.17) is 4.74 Å². The second-order valence-electron chi connectivity index (χ2n) is 5.55. The predicted molar refractivity (Wildman–Crippen MR) is 77.9 cm³/mol. The number of carbonyl (C=O) groups is 2. The third-order valence-electron chi connectivity index (χ3n) is 3.93. The molecule has 0 radical (unpaired) electrons. The molecule has 0 bridgehead atoms. The summed E-state index contributed by atoms with van der Waals surface area (Å²) in [6.45, 7) is -0.506. The van der Waals surface area contributed by atoms with Crippen molar-refractivity contribution in [3.8, 4) is 0 Å². The quantitative estimate of drug-likeness (QED) is 0.790. The molecule has 1 aliphatic heterocycles. The maximum absolute atomic E-state index is 13.2. The molecule has 24 heavy (non-hydrogen) atoms. The van der Waals surface area contributed by atoms with Gasteiger partial charge in [0, 0.05) is 6.54 Å². The molecular formula is C16H18F3NO4. The lowest BCUT2D eigenvalue weighted by Crippen LogP contribution is -2.54. The number of benzene rings is 1. The number of halogens is 3. The zero-order chi connectivity index (χ0) is 17.7. The second-order valence-corrected chi connectivity index (χ2v) is 5.55. The number of alkyl halides is 3. The molecule has 0 aliphatic carbocycles. The first-order valence-electron chi connectivity index (χ1n) is 7.44. The summed E-state index contributed by atoms with van der Waals surface area (Å²) in [4.78, 5) is 24.3. The molecule has 0 saturated carbocycles. The molecule has 1 aromatic carbocycles. The molecule has 132 valence electrons. The second kappa shape index (κ2) is 7.55. The van der Waals surface area contributed by atoms with Crippen LogP contribution in [0, 0.1) is 5.92 Å². The summed E-state index contributed by atoms with van der Waals surface area (Å²) in [7, 11) is 1.16. The van der Waals surface area contributed by atoms with Crippen molar-refractivity contribution < 1.29 is 32.2 Å². The SMILES string of the molecule is COC(=O)C1CCC(C(F)(F)F)N(C(=O)OCc2ccccc2)C1. The van der Waals surface area contributed by atoms with Crippen LogP contribution in [-0.4, -0.2) is 42.8 Å². The number of methoxy groups -OCH3 is 1. The fourth-order valence-corrected chi connectivity index (χ4v) is 2.67. The number of hydrogen-bond acceptors (Lipinski definition) is 4. The topological polar surface area (TPSA) is 55.8 Å². The lowest BCUT2D eigenvalue weighted by Gasteiger charge is -2.38. The largest absolute Gasteiger partial charge is 0.469 e. The first-order valence-corrected chi connectivity index (χ1v) is 7.44. The Bertz CT molecular complexity index is 576. The number of nitrogens with zero attached hydrogens (tertiary/aromatic N) is 1. The summed E-state index contributed by atoms with van der Waals surface area (Å²) in [5.74, 6) is -1.41. The van der Waals surface area contributed by atoms with Crippen molar-refractivity contribution in [2.75, 3.05) is 13.7 Å². The predicted octanol–water partition coefficient (Wildman–Crippen LogP) is 3.14. The van der Waals surface area contributed by atoms with Gasteiger partial charge in [0.05, 0.1) is 13.0 Å². The van der Waals surface area contributed by atoms with Gasteiger partial charge in [-0.1, -0.05) is 30.3 Å². The molecule has 2 rings (SSSR count). The van der Waals surface area contributed by atoms with Crippen LogP contribution < -0.4 is 0 Å². The molecule has 1 saturated heterocycles. The Hall–Kier alpha value is -2.25. The molecule has 5 nitrogen and oxygen atoms in total. The Morgan fingerprint density at radius 3 is 2.46 bits per heavy atom. The van der Waals surface area contributed by atoms with Gasteiger partial charge in [0.25, 0.3) is 0 Å². The van der Waals surface area contributed by atoms with Crippen molar-refractivity contribution in [2.24, 2.45) is 5.92 Å². The van der Waals surface area contributed by atoms with E-state index in [0.717, 1.165) is 7.11 Å². The molecule has 0 N–H and O–H groups in total. The van der Waals surface area contributed by atoms with Crippen molar-refractivity contribution >= 4 is 12.1 Å². The number of carbonyl (C=O) groups excluding carboxylic acids is 2. The van der Waals surface area contributed by atoms with Crippen molar-refractivity contribution in [3.05, 3.63) is 35.9 Å². The van der Waals surface area contributed by atoms with Crippen molar-refractivity contribution in [1.29, 1.82) is 0 Å². The zero-order valence-electron chi connectivity index (χ0n) is 13.1. The summed E-state index contributed by atoms with van der Waals surface area (Å²) in [6, 6.07) is 6.67. The first-order chi connectivity index (χ1) is 11.3. The van der Waals surface area contributed by atoms with E-state index < -0.39 is 30.2 Å². The van der Waals surface area contributed by atoms with Crippen LogP contribution in [0.2, 0.25) is 0 Å². The molecule has 2 atom stereocenters. The highest BCUT2D eigenvalue weighted by molar-refractivity contribution is 5.75. The smallest absolute Gasteiger partial charge is 0.410 e. The Kier molecular flexibility index (Phi) is 5.69. The summed E-state index contributed by atoms with van der Waals surface area (Å²) < 4.78 is 49.0. The van der Waals surface area contributed by atoms with Gasteiger partial charge >= 0.3 is 18.2 Å². The summed E-state index contributed by atoms with van der Waals surface area (Å²) in [5.41, 5.74) is 0.663. The first kappa shape index (κ1) is 18.1. The number of piperidine rings is 1. The van der Waals surface area contributed by atoms with Crippen LogP contribution in [-0.2, 0) is 20.9 Å². The third-order valence-corrected chi connectivity index (χ3v) is 3.93. The number of rotatable bonds is 3. The molecule has 0 spiro atoms. The van der Waals surface area contributed by atoms with Crippen molar-refractivity contribution in [3.63, 3.8) is 0 Å². The molecule has 1 fully saturated rings. The van der Waals surface area contributed by atoms with Crippen molar-refractivity contribution in [1.82, 2.24) is 4.90 Å². The van der Waals surface area contributed by atoms with Gasteiger partial charge in [0.1, 0.15) is 12.6 Å². The van der Waals surface area contributed by atoms with Gasteiger partial charge in [-0.2, -0.15) is 13.2 Å². The maximum atomic E-state index is 13.2. The molecule has 1 heterocycles. The summed E-state index contributed by atoms with van der Waals surface area (Å²) in [5, 5.41) is 0. The van der Waals surface area contributed by atoms with Crippen LogP contribution in [0.5, 0.6) is 0 Å². The normalized spacial score (nSPS) is 21.2. The average Bonchev–Trinajstić information content (AvgIpc) is 2.58. The van der Waals surface area contributed by atoms with E-state index in [1.807, 2.05) is 0 Å². The van der Waals surface area contributed by atoms with Crippen LogP contribution in [0.3, 0.4) is 0 Å². The van der Waals surface area contributed by atoms with E-state index in [0.29, 0.717) is 10.5 Å². The highest BCUT2D eigenvalue weighted by atomic mass is 19.4. The van der Waals surface area contributed by atoms with E-state index in [2.05, 4.69) is 4.74 Å². The molecule has 8 heteroatoms. The van der Waals surface area contributed by atoms with E-state index in [9.17, 15) is 22.8 Å². The Labute approximate surface area is 137 Å². The molecular weight excluding hydrogens is 327 g/mol. The lowest BCUT2D eigenvalue weighted by molar-refractivity contribution is -0.192. The number of esters is 1. The highest BCUT2D eigenvalue weighted by Crippen LogP contribution is 2.34. The van der Waals surface area contributed by atoms with Crippen molar-refractivity contribution in [2.45, 2.75) is 31.7 Å². The van der Waals surface area contributed by atoms with Gasteiger partial charge in [0.2, 0.25) is 0 Å². The molecule has 1 amide bonds. The van der Waals surface area contributed by atoms with Gasteiger partial charge in [-0.25, -0.2) is 4.79 Å². The third kappa shape index (κ3) is 4.39. The monoisotopic (exact) mass is 345 g/mol. The Morgan fingerprint density at radius 2 is 1.88 bits per heavy atom. The van der Waals surface area contributed by atoms with Gasteiger partial charge in [0.15, 0.2) is 0 Å². The van der Waals surface area contributed by atoms with E-state index in [-0.39, 0.29) is 26.0 Å². The summed E-state index contributed by atoms with van der Waals surface area (Å²) >= 11 is 0. The molecule has 1 aromatic rings. The maximum Gasteiger partial charge on any atom is 0.410 e. The van der Waals surface area contributed by atoms with Gasteiger partial charge in [-0.05, 0) is 18.4 Å². The minimum atomic E-state index is -4.58. The van der Waals surface area contributed by atoms with Crippen LogP contribution >= 0.6 is 0 Å². The minimum Gasteiger partial charge on any atom is -0.469 e. The number of ether oxygens (including phenoxy) is 2. The molecule has 0 aromatic heterocycles. The number of likely N-dealkylation sites (tertiary alicyclic amines) is 1. The van der Waals surface area contributed by atoms with Gasteiger partial charge in [-0.15, -0.1) is 0 Å². The van der Waals surface area contributed by atoms with E-state index in [1.54, 1.807) is 30.3 Å². The average molecular weight is 345 g/mol. The van der Waals surface area contributed by atoms with Gasteiger partial charge < -0.3 is 9.47 Å². The number of amides is 1.